The molecule has 2 atom stereocenters. The molecule has 0 spiro atoms. The second kappa shape index (κ2) is 5.70. The number of hydrogen-bond donors (Lipinski definition) is 2. The second-order valence-electron chi connectivity index (χ2n) is 4.84. The lowest BCUT2D eigenvalue weighted by Gasteiger charge is -2.28. The highest BCUT2D eigenvalue weighted by molar-refractivity contribution is 7.89. The van der Waals surface area contributed by atoms with Crippen LogP contribution in [-0.2, 0) is 10.0 Å². The Bertz CT molecular complexity index is 592. The summed E-state index contributed by atoms with van der Waals surface area (Å²) in [7, 11) is -3.54. The molecule has 2 unspecified atom stereocenters. The largest absolute Gasteiger partial charge is 0.314 e. The minimum atomic E-state index is -3.54. The SMILES string of the molecule is CC1CC(NS(=O)(=O)c2cccc(C#N)c2)CCN1. The maximum atomic E-state index is 12.2. The number of sulfonamides is 1. The van der Waals surface area contributed by atoms with Crippen molar-refractivity contribution in [2.45, 2.75) is 36.7 Å². The molecule has 0 bridgehead atoms. The fourth-order valence-electron chi connectivity index (χ4n) is 2.26. The fourth-order valence-corrected chi connectivity index (χ4v) is 3.59. The van der Waals surface area contributed by atoms with Crippen LogP contribution in [0.25, 0.3) is 0 Å². The number of hydrogen-bond acceptors (Lipinski definition) is 4. The molecular weight excluding hydrogens is 262 g/mol. The maximum absolute atomic E-state index is 12.2. The predicted molar refractivity (Wildman–Crippen MR) is 72.0 cm³/mol. The van der Waals surface area contributed by atoms with Gasteiger partial charge in [0.2, 0.25) is 10.0 Å². The Kier molecular flexibility index (Phi) is 4.20. The number of rotatable bonds is 3. The highest BCUT2D eigenvalue weighted by Gasteiger charge is 2.24. The van der Waals surface area contributed by atoms with Crippen molar-refractivity contribution in [3.05, 3.63) is 29.8 Å². The van der Waals surface area contributed by atoms with Crippen LogP contribution in [0.5, 0.6) is 0 Å². The average Bonchev–Trinajstić information content (AvgIpc) is 2.38. The molecule has 0 radical (unpaired) electrons. The summed E-state index contributed by atoms with van der Waals surface area (Å²) < 4.78 is 27.2. The lowest BCUT2D eigenvalue weighted by Crippen LogP contribution is -2.46. The second-order valence-corrected chi connectivity index (χ2v) is 6.55. The van der Waals surface area contributed by atoms with Gasteiger partial charge in [0.05, 0.1) is 16.5 Å². The Morgan fingerprint density at radius 3 is 2.95 bits per heavy atom. The smallest absolute Gasteiger partial charge is 0.240 e. The molecule has 1 saturated heterocycles. The van der Waals surface area contributed by atoms with Gasteiger partial charge in [-0.05, 0) is 44.5 Å². The van der Waals surface area contributed by atoms with Crippen molar-refractivity contribution in [1.29, 1.82) is 5.26 Å². The van der Waals surface area contributed by atoms with E-state index in [0.717, 1.165) is 19.4 Å². The molecule has 0 aromatic heterocycles. The van der Waals surface area contributed by atoms with Crippen LogP contribution in [0.4, 0.5) is 0 Å². The zero-order valence-corrected chi connectivity index (χ0v) is 11.6. The Hall–Kier alpha value is -1.42. The van der Waals surface area contributed by atoms with Gasteiger partial charge in [-0.1, -0.05) is 6.07 Å². The van der Waals surface area contributed by atoms with Crippen LogP contribution < -0.4 is 10.0 Å². The molecule has 2 N–H and O–H groups in total. The van der Waals surface area contributed by atoms with Gasteiger partial charge in [0.25, 0.3) is 0 Å². The lowest BCUT2D eigenvalue weighted by molar-refractivity contribution is 0.361. The zero-order chi connectivity index (χ0) is 13.9. The predicted octanol–water partition coefficient (Wildman–Crippen LogP) is 0.977. The first-order valence-electron chi connectivity index (χ1n) is 6.27. The van der Waals surface area contributed by atoms with Gasteiger partial charge in [-0.3, -0.25) is 0 Å². The Labute approximate surface area is 113 Å². The first-order valence-corrected chi connectivity index (χ1v) is 7.75. The normalized spacial score (nSPS) is 23.8. The Balaban J connectivity index is 2.15. The van der Waals surface area contributed by atoms with Crippen molar-refractivity contribution in [3.63, 3.8) is 0 Å². The summed E-state index contributed by atoms with van der Waals surface area (Å²) in [6.07, 6.45) is 1.55. The number of nitrogens with zero attached hydrogens (tertiary/aromatic N) is 1. The number of nitrogens with one attached hydrogen (secondary N) is 2. The number of piperidine rings is 1. The third kappa shape index (κ3) is 3.53. The standard InChI is InChI=1S/C13H17N3O2S/c1-10-7-12(5-6-15-10)16-19(17,18)13-4-2-3-11(8-13)9-14/h2-4,8,10,12,15-16H,5-7H2,1H3. The minimum absolute atomic E-state index is 0.0491. The molecule has 0 amide bonds. The summed E-state index contributed by atoms with van der Waals surface area (Å²) >= 11 is 0. The first kappa shape index (κ1) is 14.0. The summed E-state index contributed by atoms with van der Waals surface area (Å²) in [6, 6.07) is 8.28. The summed E-state index contributed by atoms with van der Waals surface area (Å²) in [4.78, 5) is 0.151. The molecule has 1 aliphatic heterocycles. The zero-order valence-electron chi connectivity index (χ0n) is 10.8. The third-order valence-electron chi connectivity index (χ3n) is 3.22. The molecular formula is C13H17N3O2S. The lowest BCUT2D eigenvalue weighted by atomic mass is 10.0. The Morgan fingerprint density at radius 1 is 1.47 bits per heavy atom. The van der Waals surface area contributed by atoms with E-state index >= 15 is 0 Å². The van der Waals surface area contributed by atoms with Crippen LogP contribution in [0, 0.1) is 11.3 Å². The monoisotopic (exact) mass is 279 g/mol. The van der Waals surface area contributed by atoms with E-state index in [1.165, 1.54) is 12.1 Å². The quantitative estimate of drug-likeness (QED) is 0.864. The topological polar surface area (TPSA) is 82.0 Å². The van der Waals surface area contributed by atoms with Crippen LogP contribution in [0.2, 0.25) is 0 Å². The van der Waals surface area contributed by atoms with Crippen molar-refractivity contribution in [2.24, 2.45) is 0 Å². The van der Waals surface area contributed by atoms with Gasteiger partial charge in [-0.15, -0.1) is 0 Å². The molecule has 1 aliphatic rings. The van der Waals surface area contributed by atoms with Gasteiger partial charge in [-0.2, -0.15) is 5.26 Å². The van der Waals surface area contributed by atoms with Crippen LogP contribution in [0.1, 0.15) is 25.3 Å². The molecule has 1 aromatic rings. The molecule has 2 rings (SSSR count). The van der Waals surface area contributed by atoms with E-state index in [1.807, 2.05) is 13.0 Å². The van der Waals surface area contributed by atoms with Gasteiger partial charge >= 0.3 is 0 Å². The van der Waals surface area contributed by atoms with Crippen LogP contribution in [0.15, 0.2) is 29.2 Å². The van der Waals surface area contributed by atoms with Crippen molar-refractivity contribution < 1.29 is 8.42 Å². The average molecular weight is 279 g/mol. The van der Waals surface area contributed by atoms with Gasteiger partial charge in [-0.25, -0.2) is 13.1 Å². The molecule has 0 saturated carbocycles. The summed E-state index contributed by atoms with van der Waals surface area (Å²) in [6.45, 7) is 2.85. The molecule has 6 heteroatoms. The molecule has 19 heavy (non-hydrogen) atoms. The fraction of sp³-hybridized carbons (Fsp3) is 0.462. The first-order chi connectivity index (χ1) is 9.01. The van der Waals surface area contributed by atoms with Crippen LogP contribution in [0.3, 0.4) is 0 Å². The van der Waals surface area contributed by atoms with E-state index in [9.17, 15) is 8.42 Å². The maximum Gasteiger partial charge on any atom is 0.240 e. The van der Waals surface area contributed by atoms with E-state index in [1.54, 1.807) is 12.1 Å². The van der Waals surface area contributed by atoms with Crippen LogP contribution >= 0.6 is 0 Å². The third-order valence-corrected chi connectivity index (χ3v) is 4.74. The Morgan fingerprint density at radius 2 is 2.26 bits per heavy atom. The highest BCUT2D eigenvalue weighted by Crippen LogP contribution is 2.15. The summed E-state index contributed by atoms with van der Waals surface area (Å²) in [5.74, 6) is 0. The molecule has 1 heterocycles. The van der Waals surface area contributed by atoms with E-state index in [-0.39, 0.29) is 10.9 Å². The van der Waals surface area contributed by atoms with Crippen molar-refractivity contribution in [2.75, 3.05) is 6.54 Å². The summed E-state index contributed by atoms with van der Waals surface area (Å²) in [5.41, 5.74) is 0.349. The van der Waals surface area contributed by atoms with Crippen molar-refractivity contribution in [1.82, 2.24) is 10.0 Å². The molecule has 1 aromatic carbocycles. The van der Waals surface area contributed by atoms with Crippen LogP contribution in [-0.4, -0.2) is 27.0 Å². The number of nitriles is 1. The highest BCUT2D eigenvalue weighted by atomic mass is 32.2. The van der Waals surface area contributed by atoms with Gasteiger partial charge in [0, 0.05) is 12.1 Å². The molecule has 5 nitrogen and oxygen atoms in total. The van der Waals surface area contributed by atoms with Gasteiger partial charge < -0.3 is 5.32 Å². The van der Waals surface area contributed by atoms with E-state index in [2.05, 4.69) is 10.0 Å². The molecule has 1 fully saturated rings. The minimum Gasteiger partial charge on any atom is -0.314 e. The number of benzene rings is 1. The van der Waals surface area contributed by atoms with Gasteiger partial charge in [0.1, 0.15) is 0 Å². The van der Waals surface area contributed by atoms with Crippen molar-refractivity contribution in [3.8, 4) is 6.07 Å². The van der Waals surface area contributed by atoms with E-state index < -0.39 is 10.0 Å². The summed E-state index contributed by atoms with van der Waals surface area (Å²) in [5, 5.41) is 12.1. The van der Waals surface area contributed by atoms with Gasteiger partial charge in [0.15, 0.2) is 0 Å². The molecule has 102 valence electrons. The molecule has 0 aliphatic carbocycles. The van der Waals surface area contributed by atoms with Crippen molar-refractivity contribution >= 4 is 10.0 Å². The van der Waals surface area contributed by atoms with E-state index in [0.29, 0.717) is 11.6 Å². The van der Waals surface area contributed by atoms with E-state index in [4.69, 9.17) is 5.26 Å².